The van der Waals surface area contributed by atoms with Gasteiger partial charge in [0.1, 0.15) is 0 Å². The van der Waals surface area contributed by atoms with E-state index < -0.39 is 11.7 Å². The maximum atomic E-state index is 13.6. The number of alkyl halides is 3. The van der Waals surface area contributed by atoms with Crippen molar-refractivity contribution in [2.45, 2.75) is 38.3 Å². The van der Waals surface area contributed by atoms with E-state index in [0.717, 1.165) is 60.7 Å². The molecule has 1 aliphatic heterocycles. The summed E-state index contributed by atoms with van der Waals surface area (Å²) in [6.45, 7) is 3.80. The number of anilines is 2. The van der Waals surface area contributed by atoms with Crippen LogP contribution < -0.4 is 10.6 Å². The first-order valence-corrected chi connectivity index (χ1v) is 12.7. The van der Waals surface area contributed by atoms with Crippen LogP contribution in [0.5, 0.6) is 0 Å². The number of hydrogen-bond acceptors (Lipinski definition) is 6. The van der Waals surface area contributed by atoms with Gasteiger partial charge in [0.2, 0.25) is 5.95 Å². The third-order valence-electron chi connectivity index (χ3n) is 6.52. The summed E-state index contributed by atoms with van der Waals surface area (Å²) in [4.78, 5) is 16.6. The Hall–Kier alpha value is -3.46. The lowest BCUT2D eigenvalue weighted by Gasteiger charge is -2.25. The lowest BCUT2D eigenvalue weighted by atomic mass is 9.92. The first kappa shape index (κ1) is 24.2. The van der Waals surface area contributed by atoms with E-state index in [1.54, 1.807) is 12.3 Å². The molecule has 1 saturated heterocycles. The number of halogens is 3. The summed E-state index contributed by atoms with van der Waals surface area (Å²) in [7, 11) is 0. The molecule has 5 rings (SSSR count). The predicted molar refractivity (Wildman–Crippen MR) is 138 cm³/mol. The average Bonchev–Trinajstić information content (AvgIpc) is 3.34. The largest absolute Gasteiger partial charge is 0.416 e. The Bertz CT molecular complexity index is 1350. The van der Waals surface area contributed by atoms with E-state index in [1.165, 1.54) is 17.4 Å². The third-order valence-corrected chi connectivity index (χ3v) is 7.65. The molecule has 9 heteroatoms. The number of rotatable bonds is 5. The van der Waals surface area contributed by atoms with Crippen LogP contribution in [-0.4, -0.2) is 28.0 Å². The number of nitrogens with zero attached hydrogens (tertiary/aromatic N) is 4. The smallest absolute Gasteiger partial charge is 0.368 e. The number of nitrogens with two attached hydrogens (primary N) is 1. The summed E-state index contributed by atoms with van der Waals surface area (Å²) in [5.41, 5.74) is 8.72. The molecule has 0 aliphatic carbocycles. The molecule has 36 heavy (non-hydrogen) atoms. The lowest BCUT2D eigenvalue weighted by Crippen LogP contribution is -2.29. The van der Waals surface area contributed by atoms with Gasteiger partial charge >= 0.3 is 6.18 Å². The highest BCUT2D eigenvalue weighted by Gasteiger charge is 2.32. The zero-order valence-corrected chi connectivity index (χ0v) is 20.6. The van der Waals surface area contributed by atoms with Crippen LogP contribution in [-0.2, 0) is 6.18 Å². The Morgan fingerprint density at radius 1 is 0.944 bits per heavy atom. The minimum atomic E-state index is -4.45. The highest BCUT2D eigenvalue weighted by molar-refractivity contribution is 7.19. The minimum Gasteiger partial charge on any atom is -0.368 e. The molecule has 0 radical (unpaired) electrons. The Balaban J connectivity index is 1.69. The van der Waals surface area contributed by atoms with Crippen molar-refractivity contribution in [1.29, 1.82) is 0 Å². The zero-order chi connectivity index (χ0) is 25.3. The highest BCUT2D eigenvalue weighted by Crippen LogP contribution is 2.44. The Morgan fingerprint density at radius 3 is 2.42 bits per heavy atom. The van der Waals surface area contributed by atoms with Crippen LogP contribution in [0.3, 0.4) is 0 Å². The lowest BCUT2D eigenvalue weighted by molar-refractivity contribution is -0.137. The van der Waals surface area contributed by atoms with Crippen LogP contribution >= 0.6 is 11.3 Å². The van der Waals surface area contributed by atoms with Crippen LogP contribution in [0.4, 0.5) is 24.3 Å². The van der Waals surface area contributed by atoms with Crippen molar-refractivity contribution in [3.63, 3.8) is 0 Å². The van der Waals surface area contributed by atoms with E-state index in [0.29, 0.717) is 21.8 Å². The second-order valence-corrected chi connectivity index (χ2v) is 9.94. The van der Waals surface area contributed by atoms with Crippen LogP contribution in [0, 0.1) is 0 Å². The van der Waals surface area contributed by atoms with E-state index >= 15 is 0 Å². The zero-order valence-electron chi connectivity index (χ0n) is 19.8. The van der Waals surface area contributed by atoms with E-state index in [4.69, 9.17) is 10.7 Å². The molecule has 0 bridgehead atoms. The van der Waals surface area contributed by atoms with E-state index in [1.807, 2.05) is 30.3 Å². The summed E-state index contributed by atoms with van der Waals surface area (Å²) in [6.07, 6.45) is 0.547. The second-order valence-electron chi connectivity index (χ2n) is 8.96. The number of thiazole rings is 1. The maximum absolute atomic E-state index is 13.6. The first-order chi connectivity index (χ1) is 17.3. The van der Waals surface area contributed by atoms with Crippen molar-refractivity contribution in [3.8, 4) is 21.8 Å². The van der Waals surface area contributed by atoms with E-state index in [-0.39, 0.29) is 11.9 Å². The molecule has 3 heterocycles. The summed E-state index contributed by atoms with van der Waals surface area (Å²) >= 11 is 1.45. The fourth-order valence-electron chi connectivity index (χ4n) is 4.55. The number of aromatic nitrogens is 3. The second kappa shape index (κ2) is 9.89. The number of piperidine rings is 1. The van der Waals surface area contributed by atoms with Gasteiger partial charge in [-0.3, -0.25) is 0 Å². The molecule has 0 unspecified atom stereocenters. The first-order valence-electron chi connectivity index (χ1n) is 11.9. The molecular weight excluding hydrogens is 483 g/mol. The number of benzene rings is 2. The minimum absolute atomic E-state index is 0.0586. The standard InChI is InChI=1S/C27H26F3N5S/c1-17(18-9-4-2-5-10-18)21-16-32-25(31)33-23(21)24-22(19-11-8-12-20(15-19)27(28,29)30)34-26(36-24)35-13-6-3-7-14-35/h2,4-5,8-12,15-17H,3,6-7,13-14H2,1H3,(H2,31,32,33)/t17-/m0/s1. The normalized spacial score (nSPS) is 15.2. The predicted octanol–water partition coefficient (Wildman–Crippen LogP) is 7.01. The van der Waals surface area contributed by atoms with Crippen molar-refractivity contribution in [1.82, 2.24) is 15.0 Å². The molecule has 186 valence electrons. The van der Waals surface area contributed by atoms with Gasteiger partial charge in [-0.15, -0.1) is 0 Å². The number of nitrogen functional groups attached to an aromatic ring is 1. The summed E-state index contributed by atoms with van der Waals surface area (Å²) in [6, 6.07) is 15.3. The molecule has 1 aliphatic rings. The van der Waals surface area contributed by atoms with Crippen molar-refractivity contribution in [3.05, 3.63) is 77.5 Å². The van der Waals surface area contributed by atoms with Gasteiger partial charge in [0.15, 0.2) is 5.13 Å². The van der Waals surface area contributed by atoms with E-state index in [2.05, 4.69) is 21.8 Å². The van der Waals surface area contributed by atoms with Gasteiger partial charge in [-0.25, -0.2) is 15.0 Å². The van der Waals surface area contributed by atoms with Gasteiger partial charge in [0.25, 0.3) is 0 Å². The molecule has 1 fully saturated rings. The molecule has 2 N–H and O–H groups in total. The van der Waals surface area contributed by atoms with Crippen molar-refractivity contribution in [2.24, 2.45) is 0 Å². The van der Waals surface area contributed by atoms with Crippen molar-refractivity contribution < 1.29 is 13.2 Å². The maximum Gasteiger partial charge on any atom is 0.416 e. The molecule has 0 amide bonds. The fourth-order valence-corrected chi connectivity index (χ4v) is 5.70. The van der Waals surface area contributed by atoms with Crippen LogP contribution in [0.25, 0.3) is 21.8 Å². The van der Waals surface area contributed by atoms with Crippen molar-refractivity contribution in [2.75, 3.05) is 23.7 Å². The molecule has 2 aromatic heterocycles. The van der Waals surface area contributed by atoms with Gasteiger partial charge < -0.3 is 10.6 Å². The molecule has 0 spiro atoms. The Morgan fingerprint density at radius 2 is 1.69 bits per heavy atom. The molecule has 4 aromatic rings. The molecule has 0 saturated carbocycles. The molecule has 2 aromatic carbocycles. The summed E-state index contributed by atoms with van der Waals surface area (Å²) in [5, 5.41) is 0.785. The topological polar surface area (TPSA) is 67.9 Å². The van der Waals surface area contributed by atoms with Gasteiger partial charge in [-0.05, 0) is 37.0 Å². The SMILES string of the molecule is C[C@@H](c1ccccc1)c1cnc(N)nc1-c1sc(N2CCCCC2)nc1-c1cccc(C(F)(F)F)c1. The average molecular weight is 510 g/mol. The van der Waals surface area contributed by atoms with Gasteiger partial charge in [-0.2, -0.15) is 13.2 Å². The quantitative estimate of drug-likeness (QED) is 0.313. The monoisotopic (exact) mass is 509 g/mol. The van der Waals surface area contributed by atoms with Crippen molar-refractivity contribution >= 4 is 22.4 Å². The summed E-state index contributed by atoms with van der Waals surface area (Å²) < 4.78 is 40.7. The van der Waals surface area contributed by atoms with Crippen LogP contribution in [0.1, 0.15) is 48.8 Å². The third kappa shape index (κ3) is 4.93. The van der Waals surface area contributed by atoms with Crippen LogP contribution in [0.15, 0.2) is 60.8 Å². The fraction of sp³-hybridized carbons (Fsp3) is 0.296. The Labute approximate surface area is 211 Å². The molecule has 1 atom stereocenters. The van der Waals surface area contributed by atoms with E-state index in [9.17, 15) is 13.2 Å². The van der Waals surface area contributed by atoms with Gasteiger partial charge in [0.05, 0.1) is 21.8 Å². The Kier molecular flexibility index (Phi) is 6.66. The van der Waals surface area contributed by atoms with Gasteiger partial charge in [0, 0.05) is 36.3 Å². The molecular formula is C27H26F3N5S. The highest BCUT2D eigenvalue weighted by atomic mass is 32.1. The molecule has 5 nitrogen and oxygen atoms in total. The summed E-state index contributed by atoms with van der Waals surface area (Å²) in [5.74, 6) is 0.0497. The van der Waals surface area contributed by atoms with Crippen LogP contribution in [0.2, 0.25) is 0 Å². The number of hydrogen-bond donors (Lipinski definition) is 1. The van der Waals surface area contributed by atoms with Gasteiger partial charge in [-0.1, -0.05) is 60.7 Å².